The molecule has 0 spiro atoms. The number of benzene rings is 1. The second-order valence-corrected chi connectivity index (χ2v) is 4.34. The van der Waals surface area contributed by atoms with E-state index in [9.17, 15) is 0 Å². The summed E-state index contributed by atoms with van der Waals surface area (Å²) in [7, 11) is 0. The van der Waals surface area contributed by atoms with Crippen LogP contribution in [0, 0.1) is 6.92 Å². The molecule has 1 heterocycles. The Balaban J connectivity index is 2.00. The van der Waals surface area contributed by atoms with Gasteiger partial charge in [0, 0.05) is 24.7 Å². The molecule has 0 amide bonds. The van der Waals surface area contributed by atoms with Gasteiger partial charge in [0.25, 0.3) is 0 Å². The summed E-state index contributed by atoms with van der Waals surface area (Å²) in [5, 5.41) is 9.95. The van der Waals surface area contributed by atoms with Crippen molar-refractivity contribution in [3.8, 4) is 0 Å². The quantitative estimate of drug-likeness (QED) is 0.807. The Morgan fingerprint density at radius 1 is 1.50 bits per heavy atom. The lowest BCUT2D eigenvalue weighted by Gasteiger charge is -2.35. The smallest absolute Gasteiger partial charge is 0.0794 e. The maximum absolute atomic E-state index is 9.13. The molecule has 1 aromatic rings. The van der Waals surface area contributed by atoms with Gasteiger partial charge in [-0.05, 0) is 24.1 Å². The molecule has 0 aliphatic carbocycles. The zero-order valence-corrected chi connectivity index (χ0v) is 8.96. The first-order chi connectivity index (χ1) is 6.65. The number of rotatable bonds is 2. The van der Waals surface area contributed by atoms with Crippen molar-refractivity contribution in [3.05, 3.63) is 34.3 Å². The van der Waals surface area contributed by atoms with Crippen molar-refractivity contribution in [2.45, 2.75) is 19.6 Å². The van der Waals surface area contributed by atoms with Crippen LogP contribution >= 0.6 is 11.6 Å². The second kappa shape index (κ2) is 3.89. The van der Waals surface area contributed by atoms with E-state index in [4.69, 9.17) is 16.7 Å². The van der Waals surface area contributed by atoms with Crippen LogP contribution in [-0.2, 0) is 6.54 Å². The fourth-order valence-electron chi connectivity index (χ4n) is 1.74. The highest BCUT2D eigenvalue weighted by molar-refractivity contribution is 6.31. The highest BCUT2D eigenvalue weighted by Gasteiger charge is 2.23. The molecule has 1 fully saturated rings. The van der Waals surface area contributed by atoms with Gasteiger partial charge < -0.3 is 5.11 Å². The Bertz CT molecular complexity index is 334. The summed E-state index contributed by atoms with van der Waals surface area (Å²) in [5.74, 6) is 0. The van der Waals surface area contributed by atoms with Gasteiger partial charge in [-0.2, -0.15) is 0 Å². The average molecular weight is 212 g/mol. The largest absolute Gasteiger partial charge is 0.390 e. The third-order valence-corrected chi connectivity index (χ3v) is 2.99. The van der Waals surface area contributed by atoms with Crippen molar-refractivity contribution >= 4 is 11.6 Å². The molecule has 0 saturated carbocycles. The van der Waals surface area contributed by atoms with E-state index in [1.54, 1.807) is 0 Å². The molecule has 2 nitrogen and oxygen atoms in total. The molecule has 76 valence electrons. The first-order valence-corrected chi connectivity index (χ1v) is 5.18. The average Bonchev–Trinajstić information content (AvgIpc) is 2.09. The summed E-state index contributed by atoms with van der Waals surface area (Å²) < 4.78 is 0. The molecule has 1 aliphatic heterocycles. The molecule has 1 aromatic carbocycles. The lowest BCUT2D eigenvalue weighted by molar-refractivity contribution is -0.00286. The fraction of sp³-hybridized carbons (Fsp3) is 0.455. The Morgan fingerprint density at radius 3 is 2.79 bits per heavy atom. The van der Waals surface area contributed by atoms with Crippen molar-refractivity contribution in [2.75, 3.05) is 13.1 Å². The summed E-state index contributed by atoms with van der Waals surface area (Å²) in [6, 6.07) is 6.08. The topological polar surface area (TPSA) is 23.5 Å². The van der Waals surface area contributed by atoms with E-state index in [-0.39, 0.29) is 6.10 Å². The zero-order chi connectivity index (χ0) is 10.1. The third-order valence-electron chi connectivity index (χ3n) is 2.57. The SMILES string of the molecule is Cc1cc(CN2CC(O)C2)ccc1Cl. The lowest BCUT2D eigenvalue weighted by Crippen LogP contribution is -2.49. The number of halogens is 1. The molecule has 2 rings (SSSR count). The molecular weight excluding hydrogens is 198 g/mol. The minimum absolute atomic E-state index is 0.122. The van der Waals surface area contributed by atoms with Crippen LogP contribution in [0.1, 0.15) is 11.1 Å². The summed E-state index contributed by atoms with van der Waals surface area (Å²) in [6.07, 6.45) is -0.122. The van der Waals surface area contributed by atoms with Crippen LogP contribution < -0.4 is 0 Å². The van der Waals surface area contributed by atoms with Gasteiger partial charge in [-0.1, -0.05) is 23.7 Å². The normalized spacial score (nSPS) is 18.2. The van der Waals surface area contributed by atoms with Crippen LogP contribution in [0.25, 0.3) is 0 Å². The number of aryl methyl sites for hydroxylation is 1. The summed E-state index contributed by atoms with van der Waals surface area (Å²) >= 11 is 5.93. The number of hydrogen-bond acceptors (Lipinski definition) is 2. The molecule has 0 aromatic heterocycles. The number of aliphatic hydroxyl groups excluding tert-OH is 1. The molecule has 1 saturated heterocycles. The first kappa shape index (κ1) is 9.97. The number of hydrogen-bond donors (Lipinski definition) is 1. The third kappa shape index (κ3) is 2.08. The Hall–Kier alpha value is -0.570. The van der Waals surface area contributed by atoms with Crippen molar-refractivity contribution in [1.82, 2.24) is 4.90 Å². The van der Waals surface area contributed by atoms with Gasteiger partial charge in [-0.3, -0.25) is 4.90 Å². The first-order valence-electron chi connectivity index (χ1n) is 4.80. The van der Waals surface area contributed by atoms with E-state index >= 15 is 0 Å². The zero-order valence-electron chi connectivity index (χ0n) is 8.20. The number of nitrogens with zero attached hydrogens (tertiary/aromatic N) is 1. The molecule has 1 aliphatic rings. The Kier molecular flexibility index (Phi) is 2.77. The molecule has 0 bridgehead atoms. The minimum atomic E-state index is -0.122. The number of likely N-dealkylation sites (tertiary alicyclic amines) is 1. The lowest BCUT2D eigenvalue weighted by atomic mass is 10.1. The molecule has 0 atom stereocenters. The number of aliphatic hydroxyl groups is 1. The standard InChI is InChI=1S/C11H14ClNO/c1-8-4-9(2-3-11(8)12)5-13-6-10(14)7-13/h2-4,10,14H,5-7H2,1H3. The van der Waals surface area contributed by atoms with Crippen molar-refractivity contribution in [1.29, 1.82) is 0 Å². The van der Waals surface area contributed by atoms with Crippen molar-refractivity contribution < 1.29 is 5.11 Å². The predicted molar refractivity (Wildman–Crippen MR) is 57.5 cm³/mol. The number of β-amino-alcohol motifs (C(OH)–C–C–N with tert-alkyl or cyclic N) is 1. The van der Waals surface area contributed by atoms with Gasteiger partial charge in [-0.25, -0.2) is 0 Å². The van der Waals surface area contributed by atoms with Crippen molar-refractivity contribution in [2.24, 2.45) is 0 Å². The van der Waals surface area contributed by atoms with Gasteiger partial charge in [0.05, 0.1) is 6.10 Å². The van der Waals surface area contributed by atoms with Crippen LogP contribution in [0.3, 0.4) is 0 Å². The van der Waals surface area contributed by atoms with Crippen LogP contribution in [-0.4, -0.2) is 29.2 Å². The van der Waals surface area contributed by atoms with E-state index in [0.717, 1.165) is 30.2 Å². The van der Waals surface area contributed by atoms with E-state index in [1.165, 1.54) is 5.56 Å². The van der Waals surface area contributed by atoms with Crippen LogP contribution in [0.5, 0.6) is 0 Å². The molecule has 14 heavy (non-hydrogen) atoms. The summed E-state index contributed by atoms with van der Waals surface area (Å²) in [4.78, 5) is 2.22. The highest BCUT2D eigenvalue weighted by atomic mass is 35.5. The van der Waals surface area contributed by atoms with Gasteiger partial charge in [0.2, 0.25) is 0 Å². The van der Waals surface area contributed by atoms with E-state index in [0.29, 0.717) is 0 Å². The molecule has 0 radical (unpaired) electrons. The summed E-state index contributed by atoms with van der Waals surface area (Å²) in [6.45, 7) is 4.51. The highest BCUT2D eigenvalue weighted by Crippen LogP contribution is 2.19. The Labute approximate surface area is 89.1 Å². The van der Waals surface area contributed by atoms with Gasteiger partial charge in [-0.15, -0.1) is 0 Å². The van der Waals surface area contributed by atoms with Gasteiger partial charge in [0.1, 0.15) is 0 Å². The molecule has 0 unspecified atom stereocenters. The second-order valence-electron chi connectivity index (χ2n) is 3.93. The van der Waals surface area contributed by atoms with Crippen LogP contribution in [0.4, 0.5) is 0 Å². The minimum Gasteiger partial charge on any atom is -0.390 e. The van der Waals surface area contributed by atoms with Crippen LogP contribution in [0.15, 0.2) is 18.2 Å². The monoisotopic (exact) mass is 211 g/mol. The molecular formula is C11H14ClNO. The van der Waals surface area contributed by atoms with E-state index in [2.05, 4.69) is 11.0 Å². The maximum Gasteiger partial charge on any atom is 0.0794 e. The molecule has 1 N–H and O–H groups in total. The van der Waals surface area contributed by atoms with Gasteiger partial charge in [0.15, 0.2) is 0 Å². The molecule has 3 heteroatoms. The van der Waals surface area contributed by atoms with Crippen LogP contribution in [0.2, 0.25) is 5.02 Å². The van der Waals surface area contributed by atoms with E-state index < -0.39 is 0 Å². The fourth-order valence-corrected chi connectivity index (χ4v) is 1.85. The maximum atomic E-state index is 9.13. The van der Waals surface area contributed by atoms with E-state index in [1.807, 2.05) is 19.1 Å². The van der Waals surface area contributed by atoms with Gasteiger partial charge >= 0.3 is 0 Å². The Morgan fingerprint density at radius 2 is 2.21 bits per heavy atom. The van der Waals surface area contributed by atoms with Crippen molar-refractivity contribution in [3.63, 3.8) is 0 Å². The predicted octanol–water partition coefficient (Wildman–Crippen LogP) is 1.82. The summed E-state index contributed by atoms with van der Waals surface area (Å²) in [5.41, 5.74) is 2.38.